The van der Waals surface area contributed by atoms with Crippen LogP contribution in [0, 0.1) is 0 Å². The second kappa shape index (κ2) is 12.3. The molecule has 0 saturated carbocycles. The molecule has 0 unspecified atom stereocenters. The van der Waals surface area contributed by atoms with E-state index in [2.05, 4.69) is 35.7 Å². The molecule has 1 fully saturated rings. The smallest absolute Gasteiger partial charge is 0.218 e. The average molecular weight is 557 g/mol. The van der Waals surface area contributed by atoms with Crippen LogP contribution < -0.4 is 10.6 Å². The lowest BCUT2D eigenvalue weighted by Gasteiger charge is -2.26. The van der Waals surface area contributed by atoms with E-state index in [1.165, 1.54) is 4.31 Å². The molecule has 0 radical (unpaired) electrons. The first-order chi connectivity index (χ1) is 13.3. The largest absolute Gasteiger partial charge is 0.379 e. The fourth-order valence-electron chi connectivity index (χ4n) is 2.75. The molecular weight excluding hydrogens is 523 g/mol. The molecule has 7 nitrogen and oxygen atoms in total. The number of hydrogen-bond acceptors (Lipinski definition) is 5. The Labute approximate surface area is 196 Å². The van der Waals surface area contributed by atoms with E-state index in [1.807, 2.05) is 24.3 Å². The summed E-state index contributed by atoms with van der Waals surface area (Å²) in [5.74, 6) is 0.698. The lowest BCUT2D eigenvalue weighted by Crippen LogP contribution is -2.43. The summed E-state index contributed by atoms with van der Waals surface area (Å²) < 4.78 is 32.4. The van der Waals surface area contributed by atoms with Crippen LogP contribution in [0.4, 0.5) is 0 Å². The first-order valence-corrected chi connectivity index (χ1v) is 12.2. The van der Waals surface area contributed by atoms with E-state index in [4.69, 9.17) is 4.74 Å². The Morgan fingerprint density at radius 1 is 1.21 bits per heavy atom. The van der Waals surface area contributed by atoms with Crippen molar-refractivity contribution in [2.75, 3.05) is 46.2 Å². The zero-order valence-corrected chi connectivity index (χ0v) is 21.6. The first kappa shape index (κ1) is 26.5. The van der Waals surface area contributed by atoms with Crippen molar-refractivity contribution in [2.45, 2.75) is 30.9 Å². The highest BCUT2D eigenvalue weighted by molar-refractivity contribution is 14.0. The standard InChI is InChI=1S/C19H32N4O3S2.HI/c1-19(2,27-4)15-22-18(20-3)21-13-16-7-5-6-8-17(16)14-28(24,25)23-9-11-26-12-10-23;/h5-8H,9-15H2,1-4H3,(H2,20,21,22);1H. The number of guanidine groups is 1. The molecule has 0 atom stereocenters. The minimum Gasteiger partial charge on any atom is -0.379 e. The number of rotatable bonds is 8. The SMILES string of the molecule is CN=C(NCc1ccccc1CS(=O)(=O)N1CCOCC1)NCC(C)(C)SC.I. The summed E-state index contributed by atoms with van der Waals surface area (Å²) in [5.41, 5.74) is 1.76. The summed E-state index contributed by atoms with van der Waals surface area (Å²) in [6, 6.07) is 7.63. The molecule has 1 aliphatic heterocycles. The van der Waals surface area contributed by atoms with Crippen molar-refractivity contribution in [3.63, 3.8) is 0 Å². The zero-order chi connectivity index (χ0) is 20.6. The van der Waals surface area contributed by atoms with Crippen LogP contribution in [0.25, 0.3) is 0 Å². The molecule has 1 aromatic rings. The number of halogens is 1. The maximum atomic E-state index is 12.8. The predicted octanol–water partition coefficient (Wildman–Crippen LogP) is 2.27. The van der Waals surface area contributed by atoms with Crippen molar-refractivity contribution in [3.05, 3.63) is 35.4 Å². The van der Waals surface area contributed by atoms with E-state index in [0.717, 1.165) is 17.7 Å². The minimum absolute atomic E-state index is 0. The van der Waals surface area contributed by atoms with Crippen LogP contribution >= 0.6 is 35.7 Å². The number of ether oxygens (including phenoxy) is 1. The maximum Gasteiger partial charge on any atom is 0.218 e. The van der Waals surface area contributed by atoms with E-state index < -0.39 is 10.0 Å². The Morgan fingerprint density at radius 2 is 1.83 bits per heavy atom. The molecule has 2 rings (SSSR count). The van der Waals surface area contributed by atoms with Crippen molar-refractivity contribution < 1.29 is 13.2 Å². The van der Waals surface area contributed by atoms with Gasteiger partial charge in [0.1, 0.15) is 0 Å². The number of morpholine rings is 1. The van der Waals surface area contributed by atoms with Gasteiger partial charge in [0, 0.05) is 38.0 Å². The third kappa shape index (κ3) is 8.60. The van der Waals surface area contributed by atoms with Gasteiger partial charge in [0.25, 0.3) is 0 Å². The summed E-state index contributed by atoms with van der Waals surface area (Å²) in [7, 11) is -1.63. The Morgan fingerprint density at radius 3 is 2.41 bits per heavy atom. The second-order valence-corrected chi connectivity index (χ2v) is 10.8. The fourth-order valence-corrected chi connectivity index (χ4v) is 4.53. The van der Waals surface area contributed by atoms with E-state index in [1.54, 1.807) is 18.8 Å². The molecule has 0 spiro atoms. The number of nitrogens with one attached hydrogen (secondary N) is 2. The second-order valence-electron chi connectivity index (χ2n) is 7.28. The number of sulfonamides is 1. The molecule has 1 heterocycles. The molecule has 1 aliphatic rings. The molecular formula is C19H33IN4O3S2. The Hall–Kier alpha value is -0.560. The molecule has 29 heavy (non-hydrogen) atoms. The average Bonchev–Trinajstić information content (AvgIpc) is 2.69. The fraction of sp³-hybridized carbons (Fsp3) is 0.632. The molecule has 10 heteroatoms. The Kier molecular flexibility index (Phi) is 11.3. The molecule has 2 N–H and O–H groups in total. The summed E-state index contributed by atoms with van der Waals surface area (Å²) in [5, 5.41) is 6.62. The number of hydrogen-bond donors (Lipinski definition) is 2. The van der Waals surface area contributed by atoms with Crippen molar-refractivity contribution in [2.24, 2.45) is 4.99 Å². The van der Waals surface area contributed by atoms with E-state index in [9.17, 15) is 8.42 Å². The lowest BCUT2D eigenvalue weighted by atomic mass is 10.1. The quantitative estimate of drug-likeness (QED) is 0.291. The van der Waals surface area contributed by atoms with E-state index in [-0.39, 0.29) is 34.5 Å². The van der Waals surface area contributed by atoms with Crippen LogP contribution in [-0.2, 0) is 27.1 Å². The van der Waals surface area contributed by atoms with Crippen molar-refractivity contribution in [3.8, 4) is 0 Å². The third-order valence-corrected chi connectivity index (χ3v) is 7.80. The first-order valence-electron chi connectivity index (χ1n) is 9.39. The van der Waals surface area contributed by atoms with Crippen LogP contribution in [0.5, 0.6) is 0 Å². The van der Waals surface area contributed by atoms with Crippen LogP contribution in [0.15, 0.2) is 29.3 Å². The van der Waals surface area contributed by atoms with Gasteiger partial charge in [0.2, 0.25) is 10.0 Å². The topological polar surface area (TPSA) is 83.0 Å². The summed E-state index contributed by atoms with van der Waals surface area (Å²) in [6.07, 6.45) is 2.09. The number of thioether (sulfide) groups is 1. The van der Waals surface area contributed by atoms with Gasteiger partial charge in [-0.05, 0) is 31.2 Å². The molecule has 0 aliphatic carbocycles. The number of aliphatic imine (C=N–C) groups is 1. The van der Waals surface area contributed by atoms with E-state index >= 15 is 0 Å². The molecule has 0 bridgehead atoms. The van der Waals surface area contributed by atoms with Gasteiger partial charge >= 0.3 is 0 Å². The van der Waals surface area contributed by atoms with Gasteiger partial charge in [-0.2, -0.15) is 16.1 Å². The molecule has 0 aromatic heterocycles. The normalized spacial score (nSPS) is 16.2. The highest BCUT2D eigenvalue weighted by Gasteiger charge is 2.25. The zero-order valence-electron chi connectivity index (χ0n) is 17.6. The van der Waals surface area contributed by atoms with Gasteiger partial charge in [-0.15, -0.1) is 24.0 Å². The van der Waals surface area contributed by atoms with Gasteiger partial charge in [-0.25, -0.2) is 8.42 Å². The van der Waals surface area contributed by atoms with Crippen molar-refractivity contribution in [1.29, 1.82) is 0 Å². The lowest BCUT2D eigenvalue weighted by molar-refractivity contribution is 0.0729. The van der Waals surface area contributed by atoms with Crippen molar-refractivity contribution in [1.82, 2.24) is 14.9 Å². The van der Waals surface area contributed by atoms with Crippen LogP contribution in [0.3, 0.4) is 0 Å². The highest BCUT2D eigenvalue weighted by atomic mass is 127. The highest BCUT2D eigenvalue weighted by Crippen LogP contribution is 2.19. The van der Waals surface area contributed by atoms with Crippen molar-refractivity contribution >= 4 is 51.7 Å². The summed E-state index contributed by atoms with van der Waals surface area (Å²) in [6.45, 7) is 7.38. The van der Waals surface area contributed by atoms with E-state index in [0.29, 0.717) is 38.8 Å². The number of nitrogens with zero attached hydrogens (tertiary/aromatic N) is 2. The summed E-state index contributed by atoms with van der Waals surface area (Å²) in [4.78, 5) is 4.26. The molecule has 1 aromatic carbocycles. The van der Waals surface area contributed by atoms with Gasteiger partial charge in [0.05, 0.1) is 19.0 Å². The Balaban J connectivity index is 0.00000420. The summed E-state index contributed by atoms with van der Waals surface area (Å²) >= 11 is 1.79. The predicted molar refractivity (Wildman–Crippen MR) is 133 cm³/mol. The van der Waals surface area contributed by atoms with Crippen LogP contribution in [0.1, 0.15) is 25.0 Å². The minimum atomic E-state index is -3.36. The van der Waals surface area contributed by atoms with Gasteiger partial charge in [0.15, 0.2) is 5.96 Å². The van der Waals surface area contributed by atoms with Crippen LogP contribution in [-0.4, -0.2) is 69.6 Å². The Bertz CT molecular complexity index is 766. The molecule has 0 amide bonds. The molecule has 1 saturated heterocycles. The van der Waals surface area contributed by atoms with Crippen LogP contribution in [0.2, 0.25) is 0 Å². The van der Waals surface area contributed by atoms with Gasteiger partial charge in [-0.1, -0.05) is 24.3 Å². The molecule has 166 valence electrons. The maximum absolute atomic E-state index is 12.8. The number of benzene rings is 1. The third-order valence-electron chi connectivity index (χ3n) is 4.72. The van der Waals surface area contributed by atoms with Gasteiger partial charge in [-0.3, -0.25) is 4.99 Å². The monoisotopic (exact) mass is 556 g/mol. The van der Waals surface area contributed by atoms with Gasteiger partial charge < -0.3 is 15.4 Å².